The summed E-state index contributed by atoms with van der Waals surface area (Å²) in [4.78, 5) is 4.99. The predicted molar refractivity (Wildman–Crippen MR) is 117 cm³/mol. The van der Waals surface area contributed by atoms with Crippen molar-refractivity contribution >= 4 is 33.0 Å². The van der Waals surface area contributed by atoms with Crippen LogP contribution in [0.4, 0.5) is 0 Å². The van der Waals surface area contributed by atoms with Gasteiger partial charge in [0.15, 0.2) is 5.58 Å². The molecule has 0 radical (unpaired) electrons. The molecule has 138 valence electrons. The first-order valence-corrected chi connectivity index (χ1v) is 9.89. The molecule has 0 aliphatic rings. The van der Waals surface area contributed by atoms with Crippen molar-refractivity contribution in [2.24, 2.45) is 0 Å². The summed E-state index contributed by atoms with van der Waals surface area (Å²) in [6.45, 7) is 6.58. The first-order chi connectivity index (χ1) is 13.6. The average molecular weight is 365 g/mol. The Balaban J connectivity index is 1.84. The molecule has 28 heavy (non-hydrogen) atoms. The highest BCUT2D eigenvalue weighted by Gasteiger charge is 2.17. The van der Waals surface area contributed by atoms with Crippen LogP contribution in [0, 0.1) is 6.92 Å². The van der Waals surface area contributed by atoms with Crippen molar-refractivity contribution in [2.75, 3.05) is 0 Å². The molecule has 5 rings (SSSR count). The summed E-state index contributed by atoms with van der Waals surface area (Å²) in [6.07, 6.45) is 0.831. The van der Waals surface area contributed by atoms with Gasteiger partial charge in [-0.15, -0.1) is 0 Å². The van der Waals surface area contributed by atoms with Gasteiger partial charge in [-0.1, -0.05) is 61.9 Å². The minimum Gasteiger partial charge on any atom is -0.454 e. The summed E-state index contributed by atoms with van der Waals surface area (Å²) in [5.74, 6) is 0.475. The van der Waals surface area contributed by atoms with E-state index in [-0.39, 0.29) is 0 Å². The second kappa shape index (κ2) is 6.49. The number of rotatable bonds is 3. The lowest BCUT2D eigenvalue weighted by atomic mass is 9.95. The van der Waals surface area contributed by atoms with E-state index in [0.717, 1.165) is 34.0 Å². The van der Waals surface area contributed by atoms with Gasteiger partial charge in [-0.2, -0.15) is 0 Å². The molecule has 0 aliphatic carbocycles. The molecule has 0 spiro atoms. The fourth-order valence-corrected chi connectivity index (χ4v) is 3.93. The first-order valence-electron chi connectivity index (χ1n) is 9.89. The number of hydrogen-bond donors (Lipinski definition) is 0. The lowest BCUT2D eigenvalue weighted by molar-refractivity contribution is 0.664. The second-order valence-electron chi connectivity index (χ2n) is 7.96. The third-order valence-corrected chi connectivity index (χ3v) is 5.59. The quantitative estimate of drug-likeness (QED) is 0.339. The Hall–Kier alpha value is -3.13. The molecular formula is C26H23NO. The summed E-state index contributed by atoms with van der Waals surface area (Å²) < 4.78 is 6.33. The van der Waals surface area contributed by atoms with E-state index in [2.05, 4.69) is 69.3 Å². The molecule has 0 bridgehead atoms. The zero-order valence-corrected chi connectivity index (χ0v) is 16.5. The van der Waals surface area contributed by atoms with Crippen molar-refractivity contribution in [1.82, 2.24) is 4.98 Å². The van der Waals surface area contributed by atoms with Crippen LogP contribution in [-0.4, -0.2) is 4.98 Å². The molecule has 2 nitrogen and oxygen atoms in total. The summed E-state index contributed by atoms with van der Waals surface area (Å²) in [6, 6.07) is 23.6. The van der Waals surface area contributed by atoms with Crippen molar-refractivity contribution in [2.45, 2.75) is 33.1 Å². The summed E-state index contributed by atoms with van der Waals surface area (Å²) in [5.41, 5.74) is 8.92. The van der Waals surface area contributed by atoms with E-state index in [1.807, 2.05) is 18.2 Å². The van der Waals surface area contributed by atoms with Crippen LogP contribution in [0.15, 0.2) is 71.1 Å². The van der Waals surface area contributed by atoms with Gasteiger partial charge in [0.1, 0.15) is 11.1 Å². The van der Waals surface area contributed by atoms with Gasteiger partial charge in [0.05, 0.1) is 5.52 Å². The van der Waals surface area contributed by atoms with Crippen LogP contribution in [0.5, 0.6) is 0 Å². The Kier molecular flexibility index (Phi) is 3.94. The summed E-state index contributed by atoms with van der Waals surface area (Å²) in [7, 11) is 0. The maximum absolute atomic E-state index is 6.33. The Morgan fingerprint density at radius 3 is 2.46 bits per heavy atom. The number of pyridine rings is 1. The van der Waals surface area contributed by atoms with Crippen molar-refractivity contribution in [3.8, 4) is 0 Å². The number of fused-ring (bicyclic) bond motifs is 4. The number of aryl methyl sites for hydroxylation is 1. The van der Waals surface area contributed by atoms with Crippen LogP contribution in [0.25, 0.3) is 33.0 Å². The lowest BCUT2D eigenvalue weighted by Gasteiger charge is -2.11. The zero-order chi connectivity index (χ0) is 19.3. The largest absolute Gasteiger partial charge is 0.454 e. The predicted octanol–water partition coefficient (Wildman–Crippen LogP) is 7.16. The third-order valence-electron chi connectivity index (χ3n) is 5.59. The number of para-hydroxylation sites is 1. The van der Waals surface area contributed by atoms with E-state index < -0.39 is 0 Å². The van der Waals surface area contributed by atoms with E-state index in [1.54, 1.807) is 0 Å². The van der Waals surface area contributed by atoms with Crippen LogP contribution >= 0.6 is 0 Å². The van der Waals surface area contributed by atoms with E-state index in [1.165, 1.54) is 27.6 Å². The van der Waals surface area contributed by atoms with Gasteiger partial charge in [0, 0.05) is 22.8 Å². The molecule has 2 heteroatoms. The van der Waals surface area contributed by atoms with Gasteiger partial charge < -0.3 is 4.42 Å². The molecule has 0 N–H and O–H groups in total. The van der Waals surface area contributed by atoms with Gasteiger partial charge in [-0.05, 0) is 48.2 Å². The Morgan fingerprint density at radius 1 is 0.893 bits per heavy atom. The number of hydrogen-bond acceptors (Lipinski definition) is 2. The molecule has 2 aromatic heterocycles. The molecule has 0 saturated heterocycles. The Bertz CT molecular complexity index is 1310. The number of nitrogens with zero attached hydrogens (tertiary/aromatic N) is 1. The monoisotopic (exact) mass is 365 g/mol. The molecule has 0 atom stereocenters. The van der Waals surface area contributed by atoms with E-state index in [4.69, 9.17) is 9.40 Å². The maximum Gasteiger partial charge on any atom is 0.158 e. The smallest absolute Gasteiger partial charge is 0.158 e. The number of furan rings is 1. The summed E-state index contributed by atoms with van der Waals surface area (Å²) in [5, 5.41) is 2.27. The van der Waals surface area contributed by atoms with Crippen LogP contribution in [0.3, 0.4) is 0 Å². The zero-order valence-electron chi connectivity index (χ0n) is 16.5. The standard InChI is InChI=1S/C26H23NO/c1-16(2)19-12-13-23-21(15-19)22(14-18-10-8-17(3)9-11-18)26-25(27-23)20-6-4-5-7-24(20)28-26/h4-13,15-16H,14H2,1-3H3. The van der Waals surface area contributed by atoms with Gasteiger partial charge in [0.25, 0.3) is 0 Å². The Labute approximate surface area is 164 Å². The third kappa shape index (κ3) is 2.77. The van der Waals surface area contributed by atoms with E-state index >= 15 is 0 Å². The molecule has 0 fully saturated rings. The number of benzene rings is 3. The molecular weight excluding hydrogens is 342 g/mol. The van der Waals surface area contributed by atoms with Gasteiger partial charge in [0.2, 0.25) is 0 Å². The SMILES string of the molecule is Cc1ccc(Cc2c3cc(C(C)C)ccc3nc3c2oc2ccccc23)cc1. The highest BCUT2D eigenvalue weighted by Crippen LogP contribution is 2.35. The van der Waals surface area contributed by atoms with Crippen molar-refractivity contribution in [3.05, 3.63) is 89.0 Å². The van der Waals surface area contributed by atoms with Crippen molar-refractivity contribution in [3.63, 3.8) is 0 Å². The highest BCUT2D eigenvalue weighted by atomic mass is 16.3. The highest BCUT2D eigenvalue weighted by molar-refractivity contribution is 6.08. The minimum atomic E-state index is 0.475. The molecule has 5 aromatic rings. The normalized spacial score (nSPS) is 11.9. The fraction of sp³-hybridized carbons (Fsp3) is 0.192. The van der Waals surface area contributed by atoms with Gasteiger partial charge >= 0.3 is 0 Å². The van der Waals surface area contributed by atoms with Crippen LogP contribution < -0.4 is 0 Å². The van der Waals surface area contributed by atoms with Crippen LogP contribution in [0.2, 0.25) is 0 Å². The van der Waals surface area contributed by atoms with Crippen LogP contribution in [-0.2, 0) is 6.42 Å². The lowest BCUT2D eigenvalue weighted by Crippen LogP contribution is -1.96. The maximum atomic E-state index is 6.33. The average Bonchev–Trinajstić information content (AvgIpc) is 3.07. The van der Waals surface area contributed by atoms with E-state index in [9.17, 15) is 0 Å². The van der Waals surface area contributed by atoms with E-state index in [0.29, 0.717) is 5.92 Å². The van der Waals surface area contributed by atoms with Crippen LogP contribution in [0.1, 0.15) is 42.0 Å². The molecule has 0 unspecified atom stereocenters. The molecule has 0 aliphatic heterocycles. The number of aromatic nitrogens is 1. The first kappa shape index (κ1) is 17.0. The summed E-state index contributed by atoms with van der Waals surface area (Å²) >= 11 is 0. The Morgan fingerprint density at radius 2 is 1.68 bits per heavy atom. The topological polar surface area (TPSA) is 26.0 Å². The van der Waals surface area contributed by atoms with Crippen molar-refractivity contribution < 1.29 is 4.42 Å². The molecule has 2 heterocycles. The van der Waals surface area contributed by atoms with Gasteiger partial charge in [-0.25, -0.2) is 4.98 Å². The van der Waals surface area contributed by atoms with Crippen molar-refractivity contribution in [1.29, 1.82) is 0 Å². The molecule has 0 amide bonds. The minimum absolute atomic E-state index is 0.475. The second-order valence-corrected chi connectivity index (χ2v) is 7.96. The fourth-order valence-electron chi connectivity index (χ4n) is 3.93. The molecule has 3 aromatic carbocycles. The van der Waals surface area contributed by atoms with Gasteiger partial charge in [-0.3, -0.25) is 0 Å². The molecule has 0 saturated carbocycles.